The zero-order valence-corrected chi connectivity index (χ0v) is 9.49. The molecule has 2 nitrogen and oxygen atoms in total. The molecular weight excluding hydrogens is 207 g/mol. The van der Waals surface area contributed by atoms with Crippen molar-refractivity contribution in [2.75, 3.05) is 0 Å². The molecule has 88 valence electrons. The van der Waals surface area contributed by atoms with Crippen LogP contribution in [-0.4, -0.2) is 12.1 Å². The number of rotatable bonds is 3. The smallest absolute Gasteiger partial charge is 0.293 e. The fourth-order valence-electron chi connectivity index (χ4n) is 1.37. The molecule has 2 rings (SSSR count). The molecule has 0 N–H and O–H groups in total. The summed E-state index contributed by atoms with van der Waals surface area (Å²) in [5, 5.41) is 0. The fraction of sp³-hybridized carbons (Fsp3) is 0.462. The van der Waals surface area contributed by atoms with Gasteiger partial charge in [-0.15, -0.1) is 0 Å². The first-order chi connectivity index (χ1) is 7.64. The van der Waals surface area contributed by atoms with E-state index < -0.39 is 5.67 Å². The van der Waals surface area contributed by atoms with Crippen molar-refractivity contribution in [3.63, 3.8) is 0 Å². The van der Waals surface area contributed by atoms with Gasteiger partial charge in [-0.3, -0.25) is 4.79 Å². The lowest BCUT2D eigenvalue weighted by molar-refractivity contribution is -0.129. The average Bonchev–Trinajstić information content (AvgIpc) is 2.27. The minimum atomic E-state index is -0.778. The molecule has 0 bridgehead atoms. The second-order valence-electron chi connectivity index (χ2n) is 4.16. The maximum atomic E-state index is 12.2. The lowest BCUT2D eigenvalue weighted by Crippen LogP contribution is -2.26. The lowest BCUT2D eigenvalue weighted by atomic mass is 9.84. The summed E-state index contributed by atoms with van der Waals surface area (Å²) in [5.74, 6) is 0. The molecule has 1 saturated carbocycles. The van der Waals surface area contributed by atoms with E-state index in [1.807, 2.05) is 30.3 Å². The molecule has 0 saturated heterocycles. The van der Waals surface area contributed by atoms with Crippen LogP contribution in [-0.2, 0) is 16.1 Å². The Morgan fingerprint density at radius 3 is 2.31 bits per heavy atom. The van der Waals surface area contributed by atoms with Crippen LogP contribution in [0.5, 0.6) is 0 Å². The van der Waals surface area contributed by atoms with Crippen molar-refractivity contribution in [3.05, 3.63) is 35.9 Å². The highest BCUT2D eigenvalue weighted by Gasteiger charge is 2.30. The molecule has 0 aromatic heterocycles. The summed E-state index contributed by atoms with van der Waals surface area (Å²) in [4.78, 5) is 9.76. The maximum Gasteiger partial charge on any atom is 0.293 e. The van der Waals surface area contributed by atoms with Gasteiger partial charge in [-0.05, 0) is 31.7 Å². The second-order valence-corrected chi connectivity index (χ2v) is 4.16. The molecule has 0 heterocycles. The number of halogens is 1. The van der Waals surface area contributed by atoms with Crippen molar-refractivity contribution in [1.82, 2.24) is 0 Å². The number of carbonyl (C=O) groups excluding carboxylic acids is 1. The molecular formula is C13H17FO2. The van der Waals surface area contributed by atoms with Gasteiger partial charge in [-0.2, -0.15) is 0 Å². The third-order valence-electron chi connectivity index (χ3n) is 2.56. The van der Waals surface area contributed by atoms with Crippen LogP contribution in [0.25, 0.3) is 0 Å². The van der Waals surface area contributed by atoms with Crippen molar-refractivity contribution >= 4 is 6.47 Å². The topological polar surface area (TPSA) is 26.3 Å². The normalized spacial score (nSPS) is 16.4. The van der Waals surface area contributed by atoms with Crippen molar-refractivity contribution in [1.29, 1.82) is 0 Å². The molecule has 0 atom stereocenters. The van der Waals surface area contributed by atoms with E-state index in [0.29, 0.717) is 13.1 Å². The van der Waals surface area contributed by atoms with Crippen LogP contribution in [0.3, 0.4) is 0 Å². The highest BCUT2D eigenvalue weighted by atomic mass is 19.1. The minimum absolute atomic E-state index is 0.365. The summed E-state index contributed by atoms with van der Waals surface area (Å²) >= 11 is 0. The summed E-state index contributed by atoms with van der Waals surface area (Å²) < 4.78 is 16.7. The van der Waals surface area contributed by atoms with Gasteiger partial charge in [-0.25, -0.2) is 4.39 Å². The van der Waals surface area contributed by atoms with Crippen LogP contribution in [0, 0.1) is 0 Å². The Hall–Kier alpha value is -1.38. The quantitative estimate of drug-likeness (QED) is 0.737. The van der Waals surface area contributed by atoms with E-state index >= 15 is 0 Å². The Labute approximate surface area is 95.4 Å². The van der Waals surface area contributed by atoms with Crippen molar-refractivity contribution in [3.8, 4) is 0 Å². The van der Waals surface area contributed by atoms with Crippen molar-refractivity contribution in [2.24, 2.45) is 0 Å². The largest absolute Gasteiger partial charge is 0.463 e. The molecule has 1 aliphatic rings. The lowest BCUT2D eigenvalue weighted by Gasteiger charge is -2.28. The number of hydrogen-bond acceptors (Lipinski definition) is 2. The summed E-state index contributed by atoms with van der Waals surface area (Å²) in [6, 6.07) is 9.55. The molecule has 16 heavy (non-hydrogen) atoms. The van der Waals surface area contributed by atoms with Crippen LogP contribution in [0.1, 0.15) is 31.7 Å². The summed E-state index contributed by atoms with van der Waals surface area (Å²) in [7, 11) is 0. The molecule has 1 aliphatic carbocycles. The molecule has 0 aliphatic heterocycles. The van der Waals surface area contributed by atoms with Crippen LogP contribution in [0.2, 0.25) is 0 Å². The molecule has 3 heteroatoms. The van der Waals surface area contributed by atoms with Gasteiger partial charge >= 0.3 is 0 Å². The molecule has 1 aromatic rings. The molecule has 0 spiro atoms. The van der Waals surface area contributed by atoms with Crippen molar-refractivity contribution in [2.45, 2.75) is 38.5 Å². The van der Waals surface area contributed by atoms with E-state index in [9.17, 15) is 9.18 Å². The van der Waals surface area contributed by atoms with Crippen molar-refractivity contribution < 1.29 is 13.9 Å². The van der Waals surface area contributed by atoms with Crippen LogP contribution in [0.4, 0.5) is 4.39 Å². The number of alkyl halides is 1. The van der Waals surface area contributed by atoms with Crippen LogP contribution >= 0.6 is 0 Å². The van der Waals surface area contributed by atoms with Gasteiger partial charge in [0.1, 0.15) is 12.3 Å². The molecule has 0 radical (unpaired) electrons. The number of ether oxygens (including phenoxy) is 1. The molecule has 1 aromatic carbocycles. The highest BCUT2D eigenvalue weighted by molar-refractivity contribution is 5.37. The van der Waals surface area contributed by atoms with E-state index in [1.165, 1.54) is 0 Å². The first-order valence-corrected chi connectivity index (χ1v) is 5.42. The molecule has 1 fully saturated rings. The van der Waals surface area contributed by atoms with E-state index in [2.05, 4.69) is 4.74 Å². The summed E-state index contributed by atoms with van der Waals surface area (Å²) in [5.41, 5.74) is 0.231. The zero-order valence-electron chi connectivity index (χ0n) is 9.49. The molecule has 0 unspecified atom stereocenters. The van der Waals surface area contributed by atoms with Gasteiger partial charge < -0.3 is 4.74 Å². The van der Waals surface area contributed by atoms with E-state index in [0.717, 1.165) is 24.8 Å². The first kappa shape index (κ1) is 12.7. The van der Waals surface area contributed by atoms with Gasteiger partial charge in [0, 0.05) is 0 Å². The van der Waals surface area contributed by atoms with Gasteiger partial charge in [0.05, 0.1) is 0 Å². The highest BCUT2D eigenvalue weighted by Crippen LogP contribution is 2.34. The summed E-state index contributed by atoms with van der Waals surface area (Å²) in [6.07, 6.45) is 2.66. The third kappa shape index (κ3) is 4.91. The Bertz CT molecular complexity index is 303. The Morgan fingerprint density at radius 2 is 1.94 bits per heavy atom. The zero-order chi connectivity index (χ0) is 11.9. The van der Waals surface area contributed by atoms with Crippen LogP contribution in [0.15, 0.2) is 30.3 Å². The van der Waals surface area contributed by atoms with Gasteiger partial charge in [-0.1, -0.05) is 30.3 Å². The predicted octanol–water partition coefficient (Wildman–Crippen LogP) is 3.26. The molecule has 0 amide bonds. The minimum Gasteiger partial charge on any atom is -0.463 e. The third-order valence-corrected chi connectivity index (χ3v) is 2.56. The average molecular weight is 224 g/mol. The second kappa shape index (κ2) is 6.26. The van der Waals surface area contributed by atoms with E-state index in [-0.39, 0.29) is 0 Å². The monoisotopic (exact) mass is 224 g/mol. The SMILES string of the molecule is CC1(F)CCC1.O=COCc1ccccc1. The number of hydrogen-bond donors (Lipinski definition) is 0. The number of carbonyl (C=O) groups is 1. The standard InChI is InChI=1S/C8H8O2.C5H9F/c9-7-10-6-8-4-2-1-3-5-8;1-5(6)3-2-4-5/h1-5,7H,6H2;2-4H2,1H3. The Balaban J connectivity index is 0.000000181. The number of benzene rings is 1. The Kier molecular flexibility index (Phi) is 4.96. The summed E-state index contributed by atoms with van der Waals surface area (Å²) in [6.45, 7) is 2.48. The Morgan fingerprint density at radius 1 is 1.38 bits per heavy atom. The first-order valence-electron chi connectivity index (χ1n) is 5.42. The van der Waals surface area contributed by atoms with Gasteiger partial charge in [0.2, 0.25) is 0 Å². The predicted molar refractivity (Wildman–Crippen MR) is 60.7 cm³/mol. The van der Waals surface area contributed by atoms with Crippen LogP contribution < -0.4 is 0 Å². The van der Waals surface area contributed by atoms with E-state index in [1.54, 1.807) is 6.92 Å². The van der Waals surface area contributed by atoms with E-state index in [4.69, 9.17) is 0 Å². The fourth-order valence-corrected chi connectivity index (χ4v) is 1.37. The van der Waals surface area contributed by atoms with Gasteiger partial charge in [0.15, 0.2) is 0 Å². The maximum absolute atomic E-state index is 12.2. The van der Waals surface area contributed by atoms with Gasteiger partial charge in [0.25, 0.3) is 6.47 Å².